The lowest BCUT2D eigenvalue weighted by atomic mass is 9.60. The number of benzene rings is 1. The zero-order valence-corrected chi connectivity index (χ0v) is 25.2. The average Bonchev–Trinajstić information content (AvgIpc) is 2.96. The first-order valence-electron chi connectivity index (χ1n) is 14.3. The number of nitrogens with zero attached hydrogens (tertiary/aromatic N) is 2. The fourth-order valence-electron chi connectivity index (χ4n) is 6.86. The molecule has 7 atom stereocenters. The summed E-state index contributed by atoms with van der Waals surface area (Å²) < 4.78 is 99.4. The molecule has 2 aromatic rings. The van der Waals surface area contributed by atoms with Gasteiger partial charge in [-0.3, -0.25) is 4.79 Å². The van der Waals surface area contributed by atoms with E-state index in [1.165, 1.54) is 43.8 Å². The van der Waals surface area contributed by atoms with Crippen LogP contribution in [-0.2, 0) is 10.3 Å². The van der Waals surface area contributed by atoms with Gasteiger partial charge in [0.15, 0.2) is 16.5 Å². The standard InChI is InChI=1S/C30H34F6N4O3S/c1-15(2)30(36)23(32)8-16(3)11-29(30,35)24-9-17-13-44-27(37)40-28(17,14-42-24)20-10-18(4-6-21(20)31)39-25(41)22-7-5-19(12-38-22)43-26(33)34/h4-7,10,12,15-17,23-24,26H,8-9,11,13-14H2,1-3H3,(H2,37,40)(H,39,41)/t16?,17-,23?,24+,28-,29?,30?/m0/s1. The summed E-state index contributed by atoms with van der Waals surface area (Å²) in [4.78, 5) is 21.2. The molecular formula is C30H34F6N4O3S. The van der Waals surface area contributed by atoms with Crippen LogP contribution in [0.25, 0.3) is 0 Å². The molecule has 1 aromatic carbocycles. The van der Waals surface area contributed by atoms with Crippen molar-refractivity contribution in [1.82, 2.24) is 4.98 Å². The molecule has 0 radical (unpaired) electrons. The molecule has 1 saturated heterocycles. The zero-order chi connectivity index (χ0) is 32.0. The summed E-state index contributed by atoms with van der Waals surface area (Å²) >= 11 is 1.20. The van der Waals surface area contributed by atoms with Gasteiger partial charge in [0.1, 0.15) is 29.0 Å². The minimum atomic E-state index is -3.05. The number of nitrogens with one attached hydrogen (secondary N) is 1. The lowest BCUT2D eigenvalue weighted by Crippen LogP contribution is -2.68. The number of halogens is 6. The van der Waals surface area contributed by atoms with Crippen molar-refractivity contribution in [3.63, 3.8) is 0 Å². The number of anilines is 1. The van der Waals surface area contributed by atoms with Crippen LogP contribution in [-0.4, -0.2) is 58.6 Å². The number of pyridine rings is 1. The van der Waals surface area contributed by atoms with E-state index in [4.69, 9.17) is 10.5 Å². The SMILES string of the molecule is CC1CC(F)C(F)(C(C)C)C(F)([C@H]2C[C@H]3CSC(N)=N[C@@]3(c3cc(NC(=O)c4ccc(OC(F)F)cn4)ccc3F)CO2)C1. The predicted molar refractivity (Wildman–Crippen MR) is 155 cm³/mol. The Hall–Kier alpha value is -3.00. The van der Waals surface area contributed by atoms with E-state index in [0.29, 0.717) is 5.75 Å². The number of aliphatic imine (C=N–C) groups is 1. The molecule has 0 spiro atoms. The van der Waals surface area contributed by atoms with Crippen LogP contribution in [0.2, 0.25) is 0 Å². The third kappa shape index (κ3) is 5.63. The maximum atomic E-state index is 17.0. The Morgan fingerprint density at radius 2 is 1.95 bits per heavy atom. The molecule has 3 N–H and O–H groups in total. The number of carbonyl (C=O) groups is 1. The van der Waals surface area contributed by atoms with Crippen molar-refractivity contribution < 1.29 is 40.6 Å². The number of carbonyl (C=O) groups excluding carboxylic acids is 1. The number of ether oxygens (including phenoxy) is 2. The highest BCUT2D eigenvalue weighted by Crippen LogP contribution is 2.57. The Morgan fingerprint density at radius 1 is 1.20 bits per heavy atom. The number of amidine groups is 1. The highest BCUT2D eigenvalue weighted by atomic mass is 32.2. The number of aromatic nitrogens is 1. The van der Waals surface area contributed by atoms with E-state index in [1.54, 1.807) is 6.92 Å². The molecule has 0 bridgehead atoms. The zero-order valence-electron chi connectivity index (χ0n) is 24.3. The molecule has 240 valence electrons. The molecule has 1 saturated carbocycles. The molecule has 44 heavy (non-hydrogen) atoms. The van der Waals surface area contributed by atoms with E-state index in [0.717, 1.165) is 18.3 Å². The molecule has 3 aliphatic rings. The summed E-state index contributed by atoms with van der Waals surface area (Å²) in [6, 6.07) is 6.15. The number of fused-ring (bicyclic) bond motifs is 1. The van der Waals surface area contributed by atoms with Crippen molar-refractivity contribution in [1.29, 1.82) is 0 Å². The van der Waals surface area contributed by atoms with Gasteiger partial charge in [-0.1, -0.05) is 32.5 Å². The predicted octanol–water partition coefficient (Wildman–Crippen LogP) is 6.58. The summed E-state index contributed by atoms with van der Waals surface area (Å²) in [6.07, 6.45) is -2.73. The second-order valence-corrected chi connectivity index (χ2v) is 13.2. The van der Waals surface area contributed by atoms with Crippen LogP contribution >= 0.6 is 11.8 Å². The van der Waals surface area contributed by atoms with Gasteiger partial charge in [-0.2, -0.15) is 8.78 Å². The number of hydrogen-bond acceptors (Lipinski definition) is 7. The topological polar surface area (TPSA) is 98.8 Å². The van der Waals surface area contributed by atoms with Gasteiger partial charge >= 0.3 is 6.61 Å². The van der Waals surface area contributed by atoms with E-state index in [-0.39, 0.29) is 53.7 Å². The largest absolute Gasteiger partial charge is 0.433 e. The van der Waals surface area contributed by atoms with Gasteiger partial charge in [-0.25, -0.2) is 27.5 Å². The van der Waals surface area contributed by atoms with Gasteiger partial charge in [0, 0.05) is 22.9 Å². The Balaban J connectivity index is 1.44. The number of amides is 1. The Morgan fingerprint density at radius 3 is 2.61 bits per heavy atom. The summed E-state index contributed by atoms with van der Waals surface area (Å²) in [6.45, 7) is 1.20. The lowest BCUT2D eigenvalue weighted by molar-refractivity contribution is -0.230. The molecule has 1 aliphatic carbocycles. The first-order chi connectivity index (χ1) is 20.7. The maximum absolute atomic E-state index is 17.0. The normalized spacial score (nSPS) is 33.9. The minimum absolute atomic E-state index is 0.0271. The molecule has 4 unspecified atom stereocenters. The van der Waals surface area contributed by atoms with Crippen LogP contribution in [0.15, 0.2) is 41.5 Å². The van der Waals surface area contributed by atoms with Gasteiger partial charge in [-0.15, -0.1) is 0 Å². The monoisotopic (exact) mass is 644 g/mol. The molecule has 2 fully saturated rings. The molecule has 3 heterocycles. The van der Waals surface area contributed by atoms with Crippen molar-refractivity contribution in [3.05, 3.63) is 53.6 Å². The smallest absolute Gasteiger partial charge is 0.387 e. The molecule has 1 amide bonds. The van der Waals surface area contributed by atoms with Crippen LogP contribution in [0.3, 0.4) is 0 Å². The third-order valence-electron chi connectivity index (χ3n) is 9.00. The Kier molecular flexibility index (Phi) is 8.89. The fraction of sp³-hybridized carbons (Fsp3) is 0.567. The number of alkyl halides is 5. The van der Waals surface area contributed by atoms with Crippen LogP contribution in [0.4, 0.5) is 32.0 Å². The van der Waals surface area contributed by atoms with Crippen LogP contribution in [0.5, 0.6) is 5.75 Å². The summed E-state index contributed by atoms with van der Waals surface area (Å²) in [5.74, 6) is -3.26. The number of thioether (sulfide) groups is 1. The van der Waals surface area contributed by atoms with Crippen LogP contribution in [0.1, 0.15) is 56.1 Å². The van der Waals surface area contributed by atoms with E-state index in [2.05, 4.69) is 20.0 Å². The molecule has 2 aliphatic heterocycles. The molecule has 14 heteroatoms. The van der Waals surface area contributed by atoms with E-state index < -0.39 is 65.2 Å². The Labute approximate surface area is 255 Å². The number of nitrogens with two attached hydrogens (primary N) is 1. The minimum Gasteiger partial charge on any atom is -0.433 e. The first kappa shape index (κ1) is 32.4. The maximum Gasteiger partial charge on any atom is 0.387 e. The lowest BCUT2D eigenvalue weighted by Gasteiger charge is -2.55. The quantitative estimate of drug-likeness (QED) is 0.331. The second kappa shape index (κ2) is 12.1. The number of rotatable bonds is 7. The molecular weight excluding hydrogens is 610 g/mol. The van der Waals surface area contributed by atoms with Crippen molar-refractivity contribution in [2.75, 3.05) is 17.7 Å². The molecule has 7 nitrogen and oxygen atoms in total. The summed E-state index contributed by atoms with van der Waals surface area (Å²) in [5.41, 5.74) is -0.664. The van der Waals surface area contributed by atoms with E-state index in [1.807, 2.05) is 0 Å². The van der Waals surface area contributed by atoms with Crippen LogP contribution in [0, 0.1) is 23.6 Å². The third-order valence-corrected chi connectivity index (χ3v) is 9.96. The van der Waals surface area contributed by atoms with Gasteiger partial charge in [-0.05, 0) is 61.4 Å². The van der Waals surface area contributed by atoms with Gasteiger partial charge in [0.2, 0.25) is 0 Å². The molecule has 1 aromatic heterocycles. The van der Waals surface area contributed by atoms with Crippen LogP contribution < -0.4 is 15.8 Å². The van der Waals surface area contributed by atoms with Crippen molar-refractivity contribution >= 4 is 28.5 Å². The Bertz CT molecular complexity index is 1420. The van der Waals surface area contributed by atoms with Crippen molar-refractivity contribution in [3.8, 4) is 5.75 Å². The highest BCUT2D eigenvalue weighted by molar-refractivity contribution is 8.13. The highest BCUT2D eigenvalue weighted by Gasteiger charge is 2.68. The van der Waals surface area contributed by atoms with Gasteiger partial charge in [0.25, 0.3) is 5.91 Å². The first-order valence-corrected chi connectivity index (χ1v) is 15.3. The summed E-state index contributed by atoms with van der Waals surface area (Å²) in [7, 11) is 0. The van der Waals surface area contributed by atoms with Crippen molar-refractivity contribution in [2.24, 2.45) is 28.5 Å². The number of hydrogen-bond donors (Lipinski definition) is 2. The van der Waals surface area contributed by atoms with Gasteiger partial charge in [0.05, 0.1) is 18.9 Å². The average molecular weight is 645 g/mol. The second-order valence-electron chi connectivity index (χ2n) is 12.1. The molecule has 5 rings (SSSR count). The summed E-state index contributed by atoms with van der Waals surface area (Å²) in [5, 5.41) is 2.75. The van der Waals surface area contributed by atoms with E-state index in [9.17, 15) is 13.6 Å². The van der Waals surface area contributed by atoms with Gasteiger partial charge < -0.3 is 20.5 Å². The van der Waals surface area contributed by atoms with Crippen molar-refractivity contribution in [2.45, 2.75) is 75.8 Å². The fourth-order valence-corrected chi connectivity index (χ4v) is 7.87. The van der Waals surface area contributed by atoms with E-state index >= 15 is 17.6 Å².